The lowest BCUT2D eigenvalue weighted by molar-refractivity contribution is 0.0827. The first-order chi connectivity index (χ1) is 11.8. The van der Waals surface area contributed by atoms with E-state index in [0.29, 0.717) is 16.5 Å². The lowest BCUT2D eigenvalue weighted by Gasteiger charge is -2.45. The Morgan fingerprint density at radius 2 is 1.92 bits per heavy atom. The number of anilines is 1. The number of benzene rings is 1. The molecule has 1 amide bonds. The summed E-state index contributed by atoms with van der Waals surface area (Å²) in [5, 5.41) is 0.399. The van der Waals surface area contributed by atoms with Gasteiger partial charge in [-0.3, -0.25) is 9.69 Å². The molecule has 7 nitrogen and oxygen atoms in total. The van der Waals surface area contributed by atoms with Gasteiger partial charge in [0.15, 0.2) is 0 Å². The lowest BCUT2D eigenvalue weighted by atomic mass is 9.87. The van der Waals surface area contributed by atoms with E-state index < -0.39 is 5.66 Å². The molecule has 0 aromatic heterocycles. The fourth-order valence-corrected chi connectivity index (χ4v) is 3.75. The van der Waals surface area contributed by atoms with Crippen molar-refractivity contribution >= 4 is 35.1 Å². The predicted octanol–water partition coefficient (Wildman–Crippen LogP) is 2.15. The van der Waals surface area contributed by atoms with E-state index in [2.05, 4.69) is 9.98 Å². The third-order valence-electron chi connectivity index (χ3n) is 4.70. The smallest absolute Gasteiger partial charge is 0.254 e. The molecule has 25 heavy (non-hydrogen) atoms. The first-order valence-electron chi connectivity index (χ1n) is 8.35. The number of rotatable bonds is 2. The summed E-state index contributed by atoms with van der Waals surface area (Å²) in [5.41, 5.74) is 12.7. The van der Waals surface area contributed by atoms with E-state index in [-0.39, 0.29) is 11.9 Å². The topological polar surface area (TPSA) is 100 Å². The van der Waals surface area contributed by atoms with E-state index in [1.54, 1.807) is 26.2 Å². The number of halogens is 1. The molecule has 1 aromatic rings. The Kier molecular flexibility index (Phi) is 4.60. The van der Waals surface area contributed by atoms with Gasteiger partial charge in [0, 0.05) is 19.8 Å². The zero-order valence-corrected chi connectivity index (χ0v) is 15.3. The minimum absolute atomic E-state index is 0.167. The Balaban J connectivity index is 2.08. The molecule has 1 aliphatic carbocycles. The molecular weight excluding hydrogens is 340 g/mol. The molecule has 0 atom stereocenters. The van der Waals surface area contributed by atoms with Crippen molar-refractivity contribution in [3.8, 4) is 0 Å². The molecule has 2 aliphatic rings. The highest BCUT2D eigenvalue weighted by atomic mass is 35.5. The summed E-state index contributed by atoms with van der Waals surface area (Å²) >= 11 is 6.24. The largest absolute Gasteiger partial charge is 0.369 e. The molecule has 0 unspecified atom stereocenters. The van der Waals surface area contributed by atoms with Crippen LogP contribution in [0.3, 0.4) is 0 Å². The standard InChI is InChI=1S/C17H23ClN6O/c1-23(2)14(25)12-10-11(6-7-13(12)18)24-16(20)21-15(19)22-17(24)8-4-3-5-9-17/h6-7,10H,3-5,8-9H2,1-2H3,(H4,19,20,21,22). The van der Waals surface area contributed by atoms with Crippen LogP contribution in [-0.4, -0.2) is 42.5 Å². The molecule has 1 saturated carbocycles. The maximum atomic E-state index is 12.4. The number of guanidine groups is 2. The first kappa shape index (κ1) is 17.5. The summed E-state index contributed by atoms with van der Waals surface area (Å²) in [4.78, 5) is 24.6. The normalized spacial score (nSPS) is 19.4. The quantitative estimate of drug-likeness (QED) is 0.841. The van der Waals surface area contributed by atoms with Crippen molar-refractivity contribution in [1.29, 1.82) is 0 Å². The van der Waals surface area contributed by atoms with E-state index >= 15 is 0 Å². The number of hydrogen-bond acceptors (Lipinski definition) is 6. The fourth-order valence-electron chi connectivity index (χ4n) is 3.55. The molecule has 0 radical (unpaired) electrons. The molecule has 1 fully saturated rings. The molecule has 0 saturated heterocycles. The summed E-state index contributed by atoms with van der Waals surface area (Å²) in [6, 6.07) is 5.30. The summed E-state index contributed by atoms with van der Waals surface area (Å²) < 4.78 is 0. The monoisotopic (exact) mass is 362 g/mol. The summed E-state index contributed by atoms with van der Waals surface area (Å²) in [5.74, 6) is 0.328. The van der Waals surface area contributed by atoms with Gasteiger partial charge in [-0.05, 0) is 43.9 Å². The molecule has 3 rings (SSSR count). The van der Waals surface area contributed by atoms with E-state index in [1.807, 2.05) is 11.0 Å². The van der Waals surface area contributed by atoms with Gasteiger partial charge in [-0.25, -0.2) is 4.99 Å². The maximum absolute atomic E-state index is 12.4. The van der Waals surface area contributed by atoms with E-state index in [9.17, 15) is 4.79 Å². The van der Waals surface area contributed by atoms with Gasteiger partial charge in [-0.2, -0.15) is 4.99 Å². The van der Waals surface area contributed by atoms with Gasteiger partial charge in [-0.15, -0.1) is 0 Å². The second kappa shape index (κ2) is 6.55. The third-order valence-corrected chi connectivity index (χ3v) is 5.03. The van der Waals surface area contributed by atoms with Crippen LogP contribution in [0.15, 0.2) is 28.2 Å². The maximum Gasteiger partial charge on any atom is 0.254 e. The van der Waals surface area contributed by atoms with Gasteiger partial charge in [0.2, 0.25) is 11.9 Å². The third kappa shape index (κ3) is 3.16. The van der Waals surface area contributed by atoms with Crippen LogP contribution in [0.25, 0.3) is 0 Å². The summed E-state index contributed by atoms with van der Waals surface area (Å²) in [7, 11) is 3.38. The zero-order valence-electron chi connectivity index (χ0n) is 14.5. The van der Waals surface area contributed by atoms with Crippen molar-refractivity contribution in [3.63, 3.8) is 0 Å². The van der Waals surface area contributed by atoms with Crippen LogP contribution in [0.2, 0.25) is 5.02 Å². The summed E-state index contributed by atoms with van der Waals surface area (Å²) in [6.07, 6.45) is 4.91. The van der Waals surface area contributed by atoms with Crippen LogP contribution < -0.4 is 16.4 Å². The first-order valence-corrected chi connectivity index (χ1v) is 8.73. The highest BCUT2D eigenvalue weighted by Crippen LogP contribution is 2.40. The minimum Gasteiger partial charge on any atom is -0.369 e. The number of aliphatic imine (C=N–C) groups is 2. The van der Waals surface area contributed by atoms with Gasteiger partial charge in [0.25, 0.3) is 5.91 Å². The Bertz CT molecular complexity index is 752. The molecular formula is C17H23ClN6O. The minimum atomic E-state index is -0.541. The van der Waals surface area contributed by atoms with Gasteiger partial charge in [0.1, 0.15) is 5.66 Å². The number of amides is 1. The molecule has 134 valence electrons. The Morgan fingerprint density at radius 1 is 1.24 bits per heavy atom. The second-order valence-corrected chi connectivity index (χ2v) is 7.09. The number of carbonyl (C=O) groups is 1. The fraction of sp³-hybridized carbons (Fsp3) is 0.471. The molecule has 8 heteroatoms. The van der Waals surface area contributed by atoms with Crippen molar-refractivity contribution < 1.29 is 4.79 Å². The SMILES string of the molecule is CN(C)C(=O)c1cc(N2C(N)=NC(N)=NC23CCCCC3)ccc1Cl. The van der Waals surface area contributed by atoms with Gasteiger partial charge in [-0.1, -0.05) is 18.0 Å². The number of nitrogens with zero attached hydrogens (tertiary/aromatic N) is 4. The lowest BCUT2D eigenvalue weighted by Crippen LogP contribution is -2.58. The van der Waals surface area contributed by atoms with Crippen LogP contribution >= 0.6 is 11.6 Å². The van der Waals surface area contributed by atoms with Crippen LogP contribution in [0.1, 0.15) is 42.5 Å². The number of carbonyl (C=O) groups excluding carboxylic acids is 1. The van der Waals surface area contributed by atoms with E-state index in [0.717, 1.165) is 37.8 Å². The van der Waals surface area contributed by atoms with Crippen molar-refractivity contribution in [2.45, 2.75) is 37.8 Å². The van der Waals surface area contributed by atoms with Gasteiger partial charge >= 0.3 is 0 Å². The Hall–Kier alpha value is -2.28. The molecule has 4 N–H and O–H groups in total. The van der Waals surface area contributed by atoms with Crippen molar-refractivity contribution in [1.82, 2.24) is 4.90 Å². The van der Waals surface area contributed by atoms with E-state index in [1.165, 1.54) is 4.90 Å². The molecule has 1 aromatic carbocycles. The predicted molar refractivity (Wildman–Crippen MR) is 101 cm³/mol. The van der Waals surface area contributed by atoms with Gasteiger partial charge in [0.05, 0.1) is 10.6 Å². The number of hydrogen-bond donors (Lipinski definition) is 2. The summed E-state index contributed by atoms with van der Waals surface area (Å²) in [6.45, 7) is 0. The van der Waals surface area contributed by atoms with Crippen LogP contribution in [-0.2, 0) is 0 Å². The highest BCUT2D eigenvalue weighted by molar-refractivity contribution is 6.34. The van der Waals surface area contributed by atoms with Crippen molar-refractivity contribution in [3.05, 3.63) is 28.8 Å². The molecule has 1 aliphatic heterocycles. The average molecular weight is 363 g/mol. The number of nitrogens with two attached hydrogens (primary N) is 2. The average Bonchev–Trinajstić information content (AvgIpc) is 2.55. The zero-order chi connectivity index (χ0) is 18.2. The van der Waals surface area contributed by atoms with Crippen LogP contribution in [0, 0.1) is 0 Å². The van der Waals surface area contributed by atoms with Crippen molar-refractivity contribution in [2.24, 2.45) is 21.5 Å². The highest BCUT2D eigenvalue weighted by Gasteiger charge is 2.42. The Labute approximate surface area is 152 Å². The molecule has 0 bridgehead atoms. The van der Waals surface area contributed by atoms with Crippen LogP contribution in [0.4, 0.5) is 5.69 Å². The second-order valence-electron chi connectivity index (χ2n) is 6.68. The van der Waals surface area contributed by atoms with Gasteiger partial charge < -0.3 is 16.4 Å². The molecule has 1 spiro atoms. The Morgan fingerprint density at radius 3 is 2.56 bits per heavy atom. The van der Waals surface area contributed by atoms with Crippen molar-refractivity contribution in [2.75, 3.05) is 19.0 Å². The van der Waals surface area contributed by atoms with E-state index in [4.69, 9.17) is 23.1 Å². The molecule has 1 heterocycles. The van der Waals surface area contributed by atoms with Crippen LogP contribution in [0.5, 0.6) is 0 Å².